The van der Waals surface area contributed by atoms with Gasteiger partial charge in [-0.2, -0.15) is 0 Å². The van der Waals surface area contributed by atoms with Crippen molar-refractivity contribution < 1.29 is 0 Å². The molecule has 0 radical (unpaired) electrons. The second kappa shape index (κ2) is 2.79. The first kappa shape index (κ1) is 7.94. The van der Waals surface area contributed by atoms with Crippen LogP contribution in [0.15, 0.2) is 36.5 Å². The maximum Gasteiger partial charge on any atom is 0.0888 e. The molecule has 1 nitrogen and oxygen atoms in total. The molecule has 0 bridgehead atoms. The maximum absolute atomic E-state index is 4.42. The molecule has 0 unspecified atom stereocenters. The van der Waals surface area contributed by atoms with Crippen molar-refractivity contribution >= 4 is 31.6 Å². The number of nitrogens with zero attached hydrogens (tertiary/aromatic N) is 1. The average molecular weight is 199 g/mol. The quantitative estimate of drug-likeness (QED) is 0.537. The van der Waals surface area contributed by atoms with Gasteiger partial charge in [0.25, 0.3) is 0 Å². The Morgan fingerprint density at radius 2 is 2.07 bits per heavy atom. The molecule has 0 spiro atoms. The predicted molar refractivity (Wildman–Crippen MR) is 61.9 cm³/mol. The van der Waals surface area contributed by atoms with Gasteiger partial charge in [0.15, 0.2) is 0 Å². The summed E-state index contributed by atoms with van der Waals surface area (Å²) in [6.45, 7) is 2.15. The minimum Gasteiger partial charge on any atom is -0.255 e. The van der Waals surface area contributed by atoms with E-state index >= 15 is 0 Å². The van der Waals surface area contributed by atoms with Crippen LogP contribution in [0.1, 0.15) is 5.56 Å². The summed E-state index contributed by atoms with van der Waals surface area (Å²) < 4.78 is 2.64. The lowest BCUT2D eigenvalue weighted by molar-refractivity contribution is 1.44. The molecule has 2 aromatic heterocycles. The molecule has 0 atom stereocenters. The first-order valence-corrected chi connectivity index (χ1v) is 5.41. The van der Waals surface area contributed by atoms with E-state index in [9.17, 15) is 0 Å². The number of hydrogen-bond donors (Lipinski definition) is 0. The molecule has 0 aliphatic heterocycles. The van der Waals surface area contributed by atoms with Gasteiger partial charge in [-0.1, -0.05) is 18.2 Å². The van der Waals surface area contributed by atoms with Gasteiger partial charge in [0, 0.05) is 16.3 Å². The highest BCUT2D eigenvalue weighted by Gasteiger charge is 2.05. The van der Waals surface area contributed by atoms with Crippen molar-refractivity contribution in [2.24, 2.45) is 0 Å². The van der Waals surface area contributed by atoms with Gasteiger partial charge in [0.05, 0.1) is 10.2 Å². The topological polar surface area (TPSA) is 12.9 Å². The SMILES string of the molecule is Cc1cccc2c1sc1cccnc12. The second-order valence-corrected chi connectivity index (χ2v) is 4.46. The number of hydrogen-bond acceptors (Lipinski definition) is 2. The third-order valence-electron chi connectivity index (χ3n) is 2.45. The van der Waals surface area contributed by atoms with Crippen LogP contribution in [0.25, 0.3) is 20.3 Å². The van der Waals surface area contributed by atoms with E-state index in [2.05, 4.69) is 36.2 Å². The highest BCUT2D eigenvalue weighted by atomic mass is 32.1. The molecule has 0 fully saturated rings. The smallest absolute Gasteiger partial charge is 0.0888 e. The molecule has 0 N–H and O–H groups in total. The van der Waals surface area contributed by atoms with Crippen LogP contribution in [0.3, 0.4) is 0 Å². The van der Waals surface area contributed by atoms with Crippen LogP contribution in [0.2, 0.25) is 0 Å². The van der Waals surface area contributed by atoms with Crippen molar-refractivity contribution in [3.63, 3.8) is 0 Å². The summed E-state index contributed by atoms with van der Waals surface area (Å²) >= 11 is 1.83. The molecule has 0 aliphatic carbocycles. The third-order valence-corrected chi connectivity index (χ3v) is 3.75. The van der Waals surface area contributed by atoms with Gasteiger partial charge in [-0.25, -0.2) is 0 Å². The van der Waals surface area contributed by atoms with E-state index in [1.54, 1.807) is 0 Å². The number of aryl methyl sites for hydroxylation is 1. The summed E-state index contributed by atoms with van der Waals surface area (Å²) in [6, 6.07) is 10.5. The maximum atomic E-state index is 4.42. The second-order valence-electron chi connectivity index (χ2n) is 3.40. The summed E-state index contributed by atoms with van der Waals surface area (Å²) in [5, 5.41) is 1.28. The highest BCUT2D eigenvalue weighted by molar-refractivity contribution is 7.25. The van der Waals surface area contributed by atoms with Gasteiger partial charge in [-0.15, -0.1) is 11.3 Å². The van der Waals surface area contributed by atoms with Crippen LogP contribution in [0.4, 0.5) is 0 Å². The van der Waals surface area contributed by atoms with Crippen molar-refractivity contribution in [3.8, 4) is 0 Å². The van der Waals surface area contributed by atoms with Crippen LogP contribution in [-0.4, -0.2) is 4.98 Å². The number of thiophene rings is 1. The summed E-state index contributed by atoms with van der Waals surface area (Å²) in [5.74, 6) is 0. The Kier molecular flexibility index (Phi) is 1.58. The van der Waals surface area contributed by atoms with E-state index < -0.39 is 0 Å². The Hall–Kier alpha value is -1.41. The average Bonchev–Trinajstić information content (AvgIpc) is 2.59. The summed E-state index contributed by atoms with van der Waals surface area (Å²) in [5.41, 5.74) is 2.47. The Balaban J connectivity index is 2.63. The number of pyridine rings is 1. The van der Waals surface area contributed by atoms with E-state index in [1.165, 1.54) is 20.3 Å². The third kappa shape index (κ3) is 0.976. The van der Waals surface area contributed by atoms with Crippen molar-refractivity contribution in [2.45, 2.75) is 6.92 Å². The standard InChI is InChI=1S/C12H9NS/c1-8-4-2-5-9-11-10(14-12(8)9)6-3-7-13-11/h2-7H,1H3. The van der Waals surface area contributed by atoms with Crippen LogP contribution >= 0.6 is 11.3 Å². The Morgan fingerprint density at radius 1 is 1.14 bits per heavy atom. The highest BCUT2D eigenvalue weighted by Crippen LogP contribution is 2.33. The molecule has 2 heterocycles. The van der Waals surface area contributed by atoms with E-state index in [0.717, 1.165) is 5.52 Å². The molecule has 0 amide bonds. The zero-order valence-electron chi connectivity index (χ0n) is 7.82. The zero-order chi connectivity index (χ0) is 9.54. The van der Waals surface area contributed by atoms with E-state index in [4.69, 9.17) is 0 Å². The van der Waals surface area contributed by atoms with E-state index in [0.29, 0.717) is 0 Å². The molecule has 14 heavy (non-hydrogen) atoms. The van der Waals surface area contributed by atoms with Gasteiger partial charge in [0.2, 0.25) is 0 Å². The lowest BCUT2D eigenvalue weighted by Gasteiger charge is -1.92. The van der Waals surface area contributed by atoms with Gasteiger partial charge >= 0.3 is 0 Å². The van der Waals surface area contributed by atoms with Crippen LogP contribution in [0.5, 0.6) is 0 Å². The van der Waals surface area contributed by atoms with Gasteiger partial charge in [-0.05, 0) is 24.6 Å². The minimum absolute atomic E-state index is 1.14. The number of fused-ring (bicyclic) bond motifs is 3. The zero-order valence-corrected chi connectivity index (χ0v) is 8.64. The van der Waals surface area contributed by atoms with Crippen molar-refractivity contribution in [1.29, 1.82) is 0 Å². The molecule has 68 valence electrons. The molecular formula is C12H9NS. The normalized spacial score (nSPS) is 11.2. The molecular weight excluding hydrogens is 190 g/mol. The minimum atomic E-state index is 1.14. The molecule has 0 saturated heterocycles. The van der Waals surface area contributed by atoms with Gasteiger partial charge in [-0.3, -0.25) is 4.98 Å². The summed E-state index contributed by atoms with van der Waals surface area (Å²) in [6.07, 6.45) is 1.86. The number of rotatable bonds is 0. The van der Waals surface area contributed by atoms with Gasteiger partial charge < -0.3 is 0 Å². The molecule has 3 rings (SSSR count). The molecule has 3 aromatic rings. The largest absolute Gasteiger partial charge is 0.255 e. The Bertz CT molecular complexity index is 610. The van der Waals surface area contributed by atoms with Crippen molar-refractivity contribution in [2.75, 3.05) is 0 Å². The van der Waals surface area contributed by atoms with Crippen molar-refractivity contribution in [3.05, 3.63) is 42.1 Å². The first-order valence-electron chi connectivity index (χ1n) is 4.59. The van der Waals surface area contributed by atoms with E-state index in [-0.39, 0.29) is 0 Å². The molecule has 0 saturated carbocycles. The lowest BCUT2D eigenvalue weighted by atomic mass is 10.2. The number of benzene rings is 1. The first-order chi connectivity index (χ1) is 6.86. The monoisotopic (exact) mass is 199 g/mol. The summed E-state index contributed by atoms with van der Waals surface area (Å²) in [7, 11) is 0. The lowest BCUT2D eigenvalue weighted by Crippen LogP contribution is -1.72. The molecule has 2 heteroatoms. The fraction of sp³-hybridized carbons (Fsp3) is 0.0833. The molecule has 0 aliphatic rings. The fourth-order valence-electron chi connectivity index (χ4n) is 1.76. The number of aromatic nitrogens is 1. The Labute approximate surface area is 86.0 Å². The van der Waals surface area contributed by atoms with Crippen LogP contribution < -0.4 is 0 Å². The fourth-order valence-corrected chi connectivity index (χ4v) is 2.89. The van der Waals surface area contributed by atoms with Crippen molar-refractivity contribution in [1.82, 2.24) is 4.98 Å². The summed E-state index contributed by atoms with van der Waals surface area (Å²) in [4.78, 5) is 4.42. The molecule has 1 aromatic carbocycles. The Morgan fingerprint density at radius 3 is 3.00 bits per heavy atom. The van der Waals surface area contributed by atoms with Crippen LogP contribution in [-0.2, 0) is 0 Å². The van der Waals surface area contributed by atoms with Crippen LogP contribution in [0, 0.1) is 6.92 Å². The predicted octanol–water partition coefficient (Wildman–Crippen LogP) is 3.76. The van der Waals surface area contributed by atoms with E-state index in [1.807, 2.05) is 23.6 Å². The van der Waals surface area contributed by atoms with Gasteiger partial charge in [0.1, 0.15) is 0 Å².